The minimum atomic E-state index is -0.641. The SMILES string of the molecule is CCCCC(C)OC(Cc1cccc(O)c1)C(=O)OC(C)CC. The first-order valence-electron chi connectivity index (χ1n) is 8.60. The van der Waals surface area contributed by atoms with Crippen molar-refractivity contribution in [1.82, 2.24) is 0 Å². The molecule has 1 aromatic rings. The number of phenolic OH excluding ortho intramolecular Hbond substituents is 1. The van der Waals surface area contributed by atoms with E-state index in [0.717, 1.165) is 31.2 Å². The normalized spacial score (nSPS) is 15.0. The molecule has 0 saturated carbocycles. The van der Waals surface area contributed by atoms with Crippen LogP contribution in [0.1, 0.15) is 58.9 Å². The molecule has 0 spiro atoms. The number of aromatic hydroxyl groups is 1. The highest BCUT2D eigenvalue weighted by molar-refractivity contribution is 5.75. The lowest BCUT2D eigenvalue weighted by Gasteiger charge is -2.23. The highest BCUT2D eigenvalue weighted by atomic mass is 16.6. The van der Waals surface area contributed by atoms with Crippen molar-refractivity contribution in [3.8, 4) is 5.75 Å². The number of carbonyl (C=O) groups is 1. The summed E-state index contributed by atoms with van der Waals surface area (Å²) in [6.07, 6.45) is 3.51. The number of carbonyl (C=O) groups excluding carboxylic acids is 1. The van der Waals surface area contributed by atoms with Gasteiger partial charge in [0, 0.05) is 6.42 Å². The van der Waals surface area contributed by atoms with Crippen LogP contribution in [0.5, 0.6) is 5.75 Å². The van der Waals surface area contributed by atoms with E-state index in [-0.39, 0.29) is 23.9 Å². The zero-order chi connectivity index (χ0) is 17.2. The Balaban J connectivity index is 2.76. The molecule has 0 fully saturated rings. The van der Waals surface area contributed by atoms with Crippen LogP contribution in [0.2, 0.25) is 0 Å². The predicted molar refractivity (Wildman–Crippen MR) is 91.5 cm³/mol. The summed E-state index contributed by atoms with van der Waals surface area (Å²) < 4.78 is 11.4. The van der Waals surface area contributed by atoms with E-state index in [2.05, 4.69) is 6.92 Å². The Morgan fingerprint density at radius 3 is 2.57 bits per heavy atom. The van der Waals surface area contributed by atoms with Crippen LogP contribution in [0, 0.1) is 0 Å². The Morgan fingerprint density at radius 1 is 1.22 bits per heavy atom. The Labute approximate surface area is 139 Å². The summed E-state index contributed by atoms with van der Waals surface area (Å²) in [5.74, 6) is -0.137. The maximum absolute atomic E-state index is 12.4. The number of hydrogen-bond acceptors (Lipinski definition) is 4. The topological polar surface area (TPSA) is 55.8 Å². The number of ether oxygens (including phenoxy) is 2. The third kappa shape index (κ3) is 7.51. The second-order valence-electron chi connectivity index (χ2n) is 6.11. The molecule has 3 unspecified atom stereocenters. The van der Waals surface area contributed by atoms with E-state index < -0.39 is 6.10 Å². The third-order valence-corrected chi connectivity index (χ3v) is 3.85. The van der Waals surface area contributed by atoms with Gasteiger partial charge in [-0.05, 0) is 44.4 Å². The van der Waals surface area contributed by atoms with Crippen LogP contribution in [0.4, 0.5) is 0 Å². The van der Waals surface area contributed by atoms with E-state index >= 15 is 0 Å². The first-order valence-corrected chi connectivity index (χ1v) is 8.60. The first-order chi connectivity index (χ1) is 11.0. The highest BCUT2D eigenvalue weighted by Crippen LogP contribution is 2.17. The Bertz CT molecular complexity index is 472. The second-order valence-corrected chi connectivity index (χ2v) is 6.11. The molecular weight excluding hydrogens is 292 g/mol. The summed E-state index contributed by atoms with van der Waals surface area (Å²) in [5.41, 5.74) is 0.860. The van der Waals surface area contributed by atoms with Crippen LogP contribution in [-0.4, -0.2) is 29.4 Å². The summed E-state index contributed by atoms with van der Waals surface area (Å²) in [6, 6.07) is 6.91. The quantitative estimate of drug-likeness (QED) is 0.655. The summed E-state index contributed by atoms with van der Waals surface area (Å²) >= 11 is 0. The zero-order valence-corrected chi connectivity index (χ0v) is 14.7. The first kappa shape index (κ1) is 19.5. The average Bonchev–Trinajstić information content (AvgIpc) is 2.52. The van der Waals surface area contributed by atoms with Gasteiger partial charge in [0.2, 0.25) is 0 Å². The summed E-state index contributed by atoms with van der Waals surface area (Å²) in [6.45, 7) is 7.98. The highest BCUT2D eigenvalue weighted by Gasteiger charge is 2.25. The molecular formula is C19H30O4. The third-order valence-electron chi connectivity index (χ3n) is 3.85. The van der Waals surface area contributed by atoms with Crippen molar-refractivity contribution in [3.63, 3.8) is 0 Å². The van der Waals surface area contributed by atoms with Gasteiger partial charge in [-0.2, -0.15) is 0 Å². The van der Waals surface area contributed by atoms with Gasteiger partial charge in [0.25, 0.3) is 0 Å². The van der Waals surface area contributed by atoms with E-state index in [1.165, 1.54) is 0 Å². The maximum atomic E-state index is 12.4. The maximum Gasteiger partial charge on any atom is 0.335 e. The second kappa shape index (κ2) is 10.3. The fourth-order valence-electron chi connectivity index (χ4n) is 2.28. The number of phenols is 1. The molecule has 130 valence electrons. The number of esters is 1. The Kier molecular flexibility index (Phi) is 8.70. The molecule has 3 atom stereocenters. The van der Waals surface area contributed by atoms with Gasteiger partial charge < -0.3 is 14.6 Å². The van der Waals surface area contributed by atoms with Gasteiger partial charge in [0.15, 0.2) is 6.10 Å². The molecule has 0 aromatic heterocycles. The van der Waals surface area contributed by atoms with Crippen molar-refractivity contribution >= 4 is 5.97 Å². The number of unbranched alkanes of at least 4 members (excludes halogenated alkanes) is 1. The lowest BCUT2D eigenvalue weighted by molar-refractivity contribution is -0.165. The monoisotopic (exact) mass is 322 g/mol. The van der Waals surface area contributed by atoms with Crippen LogP contribution in [0.25, 0.3) is 0 Å². The summed E-state index contributed by atoms with van der Waals surface area (Å²) in [4.78, 5) is 12.4. The lowest BCUT2D eigenvalue weighted by atomic mass is 10.1. The van der Waals surface area contributed by atoms with Gasteiger partial charge in [-0.15, -0.1) is 0 Å². The molecule has 4 heteroatoms. The molecule has 0 bridgehead atoms. The molecule has 0 aliphatic carbocycles. The van der Waals surface area contributed by atoms with Crippen LogP contribution >= 0.6 is 0 Å². The molecule has 0 heterocycles. The molecule has 0 saturated heterocycles. The van der Waals surface area contributed by atoms with Crippen molar-refractivity contribution < 1.29 is 19.4 Å². The molecule has 0 aliphatic rings. The van der Waals surface area contributed by atoms with E-state index in [4.69, 9.17) is 9.47 Å². The average molecular weight is 322 g/mol. The van der Waals surface area contributed by atoms with Crippen LogP contribution in [0.3, 0.4) is 0 Å². The summed E-state index contributed by atoms with van der Waals surface area (Å²) in [5, 5.41) is 9.59. The van der Waals surface area contributed by atoms with Crippen molar-refractivity contribution in [2.24, 2.45) is 0 Å². The number of benzene rings is 1. The lowest BCUT2D eigenvalue weighted by Crippen LogP contribution is -2.34. The fraction of sp³-hybridized carbons (Fsp3) is 0.632. The predicted octanol–water partition coefficient (Wildman–Crippen LogP) is 4.24. The van der Waals surface area contributed by atoms with Gasteiger partial charge >= 0.3 is 5.97 Å². The summed E-state index contributed by atoms with van der Waals surface area (Å²) in [7, 11) is 0. The fourth-order valence-corrected chi connectivity index (χ4v) is 2.28. The van der Waals surface area contributed by atoms with Crippen LogP contribution < -0.4 is 0 Å². The van der Waals surface area contributed by atoms with Gasteiger partial charge in [0.05, 0.1) is 12.2 Å². The molecule has 0 aliphatic heterocycles. The van der Waals surface area contributed by atoms with Gasteiger partial charge in [0.1, 0.15) is 5.75 Å². The smallest absolute Gasteiger partial charge is 0.335 e. The Hall–Kier alpha value is -1.55. The standard InChI is InChI=1S/C19H30O4/c1-5-7-9-15(4)22-18(19(21)23-14(3)6-2)13-16-10-8-11-17(20)12-16/h8,10-12,14-15,18,20H,5-7,9,13H2,1-4H3. The zero-order valence-electron chi connectivity index (χ0n) is 14.7. The largest absolute Gasteiger partial charge is 0.508 e. The van der Waals surface area contributed by atoms with Gasteiger partial charge in [-0.1, -0.05) is 38.8 Å². The Morgan fingerprint density at radius 2 is 1.96 bits per heavy atom. The van der Waals surface area contributed by atoms with Crippen molar-refractivity contribution in [3.05, 3.63) is 29.8 Å². The molecule has 1 aromatic carbocycles. The molecule has 23 heavy (non-hydrogen) atoms. The van der Waals surface area contributed by atoms with Crippen LogP contribution in [-0.2, 0) is 20.7 Å². The minimum absolute atomic E-state index is 0.00161. The molecule has 1 N–H and O–H groups in total. The van der Waals surface area contributed by atoms with Gasteiger partial charge in [-0.3, -0.25) is 0 Å². The van der Waals surface area contributed by atoms with E-state index in [1.807, 2.05) is 26.8 Å². The van der Waals surface area contributed by atoms with E-state index in [9.17, 15) is 9.90 Å². The van der Waals surface area contributed by atoms with Crippen molar-refractivity contribution in [2.75, 3.05) is 0 Å². The van der Waals surface area contributed by atoms with Crippen molar-refractivity contribution in [2.45, 2.75) is 78.1 Å². The molecule has 1 rings (SSSR count). The van der Waals surface area contributed by atoms with Crippen LogP contribution in [0.15, 0.2) is 24.3 Å². The van der Waals surface area contributed by atoms with Gasteiger partial charge in [-0.25, -0.2) is 4.79 Å². The van der Waals surface area contributed by atoms with E-state index in [0.29, 0.717) is 6.42 Å². The van der Waals surface area contributed by atoms with Crippen molar-refractivity contribution in [1.29, 1.82) is 0 Å². The molecule has 0 amide bonds. The number of rotatable bonds is 10. The van der Waals surface area contributed by atoms with E-state index in [1.54, 1.807) is 18.2 Å². The molecule has 0 radical (unpaired) electrons. The molecule has 4 nitrogen and oxygen atoms in total. The number of hydrogen-bond donors (Lipinski definition) is 1. The minimum Gasteiger partial charge on any atom is -0.508 e.